The molecule has 0 saturated heterocycles. The van der Waals surface area contributed by atoms with Crippen molar-refractivity contribution in [3.8, 4) is 0 Å². The molecule has 1 heterocycles. The van der Waals surface area contributed by atoms with Crippen molar-refractivity contribution in [2.75, 3.05) is 5.32 Å². The molecular weight excluding hydrogens is 196 g/mol. The lowest BCUT2D eigenvalue weighted by atomic mass is 9.86. The van der Waals surface area contributed by atoms with Crippen molar-refractivity contribution >= 4 is 17.3 Å². The van der Waals surface area contributed by atoms with Crippen LogP contribution in [0, 0.1) is 4.91 Å². The van der Waals surface area contributed by atoms with Crippen LogP contribution in [0.5, 0.6) is 0 Å². The van der Waals surface area contributed by atoms with Gasteiger partial charge in [0.1, 0.15) is 0 Å². The first-order chi connectivity index (χ1) is 6.93. The largest absolute Gasteiger partial charge is 0.325 e. The van der Waals surface area contributed by atoms with Crippen molar-refractivity contribution in [2.45, 2.75) is 19.3 Å². The van der Waals surface area contributed by atoms with Gasteiger partial charge in [-0.3, -0.25) is 4.79 Å². The lowest BCUT2D eigenvalue weighted by Gasteiger charge is -2.13. The van der Waals surface area contributed by atoms with E-state index in [-0.39, 0.29) is 16.5 Å². The number of amides is 1. The summed E-state index contributed by atoms with van der Waals surface area (Å²) in [5.41, 5.74) is 0.871. The number of nitrogens with one attached hydrogen (secondary N) is 1. The lowest BCUT2D eigenvalue weighted by molar-refractivity contribution is -0.729. The molecule has 15 heavy (non-hydrogen) atoms. The van der Waals surface area contributed by atoms with Gasteiger partial charge in [0.15, 0.2) is 0 Å². The summed E-state index contributed by atoms with van der Waals surface area (Å²) in [5, 5.41) is 11.5. The Hall–Kier alpha value is -1.91. The highest BCUT2D eigenvalue weighted by atomic mass is 16.6. The van der Waals surface area contributed by atoms with Crippen molar-refractivity contribution < 1.29 is 14.9 Å². The average Bonchev–Trinajstić information content (AvgIpc) is 2.38. The summed E-state index contributed by atoms with van der Waals surface area (Å²) in [4.78, 5) is 22.1. The van der Waals surface area contributed by atoms with E-state index in [0.29, 0.717) is 5.69 Å². The van der Waals surface area contributed by atoms with E-state index in [1.807, 2.05) is 0 Å². The van der Waals surface area contributed by atoms with Crippen molar-refractivity contribution in [2.24, 2.45) is 0 Å². The first-order valence-corrected chi connectivity index (χ1v) is 4.55. The Morgan fingerprint density at radius 1 is 1.40 bits per heavy atom. The Balaban J connectivity index is 2.59. The van der Waals surface area contributed by atoms with Gasteiger partial charge >= 0.3 is 5.69 Å². The SMILES string of the molecule is CC1(C)C(=O)Nc2ccc([N+](=O)O)cc21. The molecule has 2 rings (SSSR count). The zero-order chi connectivity index (χ0) is 11.2. The topological polar surface area (TPSA) is 69.4 Å². The van der Waals surface area contributed by atoms with Gasteiger partial charge in [0.05, 0.1) is 10.3 Å². The number of carbonyl (C=O) groups excluding carboxylic acids is 1. The van der Waals surface area contributed by atoms with E-state index in [1.165, 1.54) is 12.1 Å². The number of hydrogen-bond acceptors (Lipinski definition) is 2. The van der Waals surface area contributed by atoms with E-state index >= 15 is 0 Å². The van der Waals surface area contributed by atoms with Crippen LogP contribution in [0.15, 0.2) is 18.2 Å². The number of rotatable bonds is 1. The fraction of sp³-hybridized carbons (Fsp3) is 0.300. The predicted octanol–water partition coefficient (Wildman–Crippen LogP) is 1.72. The monoisotopic (exact) mass is 207 g/mol. The van der Waals surface area contributed by atoms with Gasteiger partial charge in [0.2, 0.25) is 5.91 Å². The van der Waals surface area contributed by atoms with Crippen LogP contribution >= 0.6 is 0 Å². The van der Waals surface area contributed by atoms with Gasteiger partial charge in [0.25, 0.3) is 4.92 Å². The molecular formula is C10H11N2O3+. The van der Waals surface area contributed by atoms with E-state index < -0.39 is 5.41 Å². The highest BCUT2D eigenvalue weighted by molar-refractivity contribution is 6.05. The maximum Gasteiger partial charge on any atom is 0.317 e. The third-order valence-electron chi connectivity index (χ3n) is 2.71. The number of anilines is 1. The fourth-order valence-corrected chi connectivity index (χ4v) is 1.68. The Morgan fingerprint density at radius 2 is 2.07 bits per heavy atom. The summed E-state index contributed by atoms with van der Waals surface area (Å²) in [6, 6.07) is 4.58. The standard InChI is InChI=1S/C10H10N2O3/c1-10(2)7-5-6(12(14)15)3-4-8(7)11-9(10)13/h3-5H,1-2H3,(H-,11,13,14,15)/p+1. The van der Waals surface area contributed by atoms with Crippen molar-refractivity contribution in [1.82, 2.24) is 0 Å². The van der Waals surface area contributed by atoms with Crippen LogP contribution < -0.4 is 5.32 Å². The maximum absolute atomic E-state index is 11.6. The molecule has 0 radical (unpaired) electrons. The van der Waals surface area contributed by atoms with Crippen LogP contribution in [0.3, 0.4) is 0 Å². The Bertz CT molecular complexity index is 466. The summed E-state index contributed by atoms with van der Waals surface area (Å²) in [6.07, 6.45) is 0. The van der Waals surface area contributed by atoms with E-state index in [0.717, 1.165) is 5.56 Å². The smallest absolute Gasteiger partial charge is 0.317 e. The van der Waals surface area contributed by atoms with E-state index in [2.05, 4.69) is 5.32 Å². The number of carbonyl (C=O) groups is 1. The number of nitrogens with zero attached hydrogens (tertiary/aromatic N) is 1. The molecule has 0 spiro atoms. The Morgan fingerprint density at radius 3 is 2.67 bits per heavy atom. The minimum Gasteiger partial charge on any atom is -0.325 e. The third-order valence-corrected chi connectivity index (χ3v) is 2.71. The van der Waals surface area contributed by atoms with Gasteiger partial charge < -0.3 is 5.32 Å². The molecule has 78 valence electrons. The van der Waals surface area contributed by atoms with E-state index in [9.17, 15) is 9.70 Å². The van der Waals surface area contributed by atoms with Gasteiger partial charge in [-0.2, -0.15) is 0 Å². The second-order valence-electron chi connectivity index (χ2n) is 4.08. The predicted molar refractivity (Wildman–Crippen MR) is 53.2 cm³/mol. The molecule has 1 aromatic carbocycles. The molecule has 2 N–H and O–H groups in total. The highest BCUT2D eigenvalue weighted by Crippen LogP contribution is 2.38. The summed E-state index contributed by atoms with van der Waals surface area (Å²) in [7, 11) is 0. The van der Waals surface area contributed by atoms with E-state index in [4.69, 9.17) is 5.21 Å². The zero-order valence-corrected chi connectivity index (χ0v) is 8.44. The van der Waals surface area contributed by atoms with Gasteiger partial charge in [-0.05, 0) is 25.5 Å². The summed E-state index contributed by atoms with van der Waals surface area (Å²) in [5.74, 6) is -0.106. The molecule has 1 amide bonds. The fourth-order valence-electron chi connectivity index (χ4n) is 1.68. The summed E-state index contributed by atoms with van der Waals surface area (Å²) < 4.78 is 0. The molecule has 5 heteroatoms. The number of benzene rings is 1. The van der Waals surface area contributed by atoms with Crippen LogP contribution in [-0.2, 0) is 10.2 Å². The minimum absolute atomic E-state index is 0.106. The first-order valence-electron chi connectivity index (χ1n) is 4.55. The second-order valence-corrected chi connectivity index (χ2v) is 4.08. The first kappa shape index (κ1) is 9.64. The molecule has 0 atom stereocenters. The molecule has 0 unspecified atom stereocenters. The maximum atomic E-state index is 11.6. The molecule has 1 aliphatic heterocycles. The minimum atomic E-state index is -0.665. The van der Waals surface area contributed by atoms with Gasteiger partial charge in [-0.15, -0.1) is 0 Å². The highest BCUT2D eigenvalue weighted by Gasteiger charge is 2.39. The van der Waals surface area contributed by atoms with Crippen LogP contribution in [0.2, 0.25) is 0 Å². The Labute approximate surface area is 86.2 Å². The summed E-state index contributed by atoms with van der Waals surface area (Å²) in [6.45, 7) is 3.54. The summed E-state index contributed by atoms with van der Waals surface area (Å²) >= 11 is 0. The quantitative estimate of drug-likeness (QED) is 0.689. The normalized spacial score (nSPS) is 17.1. The number of fused-ring (bicyclic) bond motifs is 1. The van der Waals surface area contributed by atoms with Crippen LogP contribution in [0.4, 0.5) is 11.4 Å². The molecule has 0 saturated carbocycles. The van der Waals surface area contributed by atoms with Gasteiger partial charge in [-0.1, -0.05) is 0 Å². The van der Waals surface area contributed by atoms with Crippen LogP contribution in [0.25, 0.3) is 0 Å². The molecule has 0 fully saturated rings. The van der Waals surface area contributed by atoms with Crippen LogP contribution in [-0.4, -0.2) is 16.0 Å². The molecule has 1 aromatic rings. The van der Waals surface area contributed by atoms with E-state index in [1.54, 1.807) is 19.9 Å². The lowest BCUT2D eigenvalue weighted by Crippen LogP contribution is -2.26. The molecule has 0 aliphatic carbocycles. The molecule has 0 bridgehead atoms. The second kappa shape index (κ2) is 2.79. The zero-order valence-electron chi connectivity index (χ0n) is 8.44. The third kappa shape index (κ3) is 1.27. The van der Waals surface area contributed by atoms with Crippen molar-refractivity contribution in [3.63, 3.8) is 0 Å². The van der Waals surface area contributed by atoms with Crippen molar-refractivity contribution in [1.29, 1.82) is 0 Å². The Kier molecular flexibility index (Phi) is 1.79. The van der Waals surface area contributed by atoms with Crippen molar-refractivity contribution in [3.05, 3.63) is 28.7 Å². The molecule has 1 aliphatic rings. The van der Waals surface area contributed by atoms with Gasteiger partial charge in [-0.25, -0.2) is 5.21 Å². The van der Waals surface area contributed by atoms with Gasteiger partial charge in [0, 0.05) is 17.8 Å². The molecule has 5 nitrogen and oxygen atoms in total. The molecule has 0 aromatic heterocycles. The number of hydrogen-bond donors (Lipinski definition) is 2. The van der Waals surface area contributed by atoms with Crippen LogP contribution in [0.1, 0.15) is 19.4 Å². The average molecular weight is 207 g/mol.